The van der Waals surface area contributed by atoms with Gasteiger partial charge in [0.1, 0.15) is 5.75 Å². The number of ether oxygens (including phenoxy) is 1. The lowest BCUT2D eigenvalue weighted by atomic mass is 9.88. The summed E-state index contributed by atoms with van der Waals surface area (Å²) in [6.07, 6.45) is 16.8. The van der Waals surface area contributed by atoms with Crippen molar-refractivity contribution in [2.45, 2.75) is 91.4 Å². The first kappa shape index (κ1) is 29.4. The number of hydrogen-bond donors (Lipinski definition) is 1. The van der Waals surface area contributed by atoms with Gasteiger partial charge in [0.15, 0.2) is 0 Å². The Hall–Kier alpha value is -2.81. The van der Waals surface area contributed by atoms with Crippen molar-refractivity contribution >= 4 is 5.97 Å². The fraction of sp³-hybridized carbons (Fsp3) is 0.485. The second kappa shape index (κ2) is 17.6. The molecule has 0 radical (unpaired) electrons. The van der Waals surface area contributed by atoms with Gasteiger partial charge in [-0.05, 0) is 64.0 Å². The molecule has 1 aliphatic carbocycles. The van der Waals surface area contributed by atoms with Crippen LogP contribution in [-0.4, -0.2) is 17.7 Å². The van der Waals surface area contributed by atoms with E-state index >= 15 is 0 Å². The summed E-state index contributed by atoms with van der Waals surface area (Å²) in [5.41, 5.74) is 5.19. The van der Waals surface area contributed by atoms with Crippen LogP contribution in [0.1, 0.15) is 91.4 Å². The minimum absolute atomic E-state index is 0.141. The number of benzene rings is 2. The Morgan fingerprint density at radius 2 is 1.67 bits per heavy atom. The van der Waals surface area contributed by atoms with Gasteiger partial charge >= 0.3 is 5.97 Å². The molecule has 196 valence electrons. The van der Waals surface area contributed by atoms with Crippen LogP contribution in [0.5, 0.6) is 5.75 Å². The Balaban J connectivity index is 0.000000269. The van der Waals surface area contributed by atoms with E-state index in [2.05, 4.69) is 75.4 Å². The standard InChI is InChI=1S/C20H26O.C13H20O2/c1-2-3-4-5-6-12-17-21-20-16-11-10-15-19(20)18-13-8-7-9-14-18;1-10(2)4-3-5-11-6-8-12(9-7-11)13(14)15/h7-11,13-16H,2-6,12,17H2,1H3;4,6,12H,3,5,7-9H2,1-2H3,(H,14,15). The maximum Gasteiger partial charge on any atom is 0.306 e. The fourth-order valence-corrected chi connectivity index (χ4v) is 4.40. The largest absolute Gasteiger partial charge is 0.493 e. The molecule has 1 unspecified atom stereocenters. The quantitative estimate of drug-likeness (QED) is 0.224. The third-order valence-electron chi connectivity index (χ3n) is 6.60. The summed E-state index contributed by atoms with van der Waals surface area (Å²) in [6.45, 7) is 7.28. The molecule has 1 N–H and O–H groups in total. The van der Waals surface area contributed by atoms with E-state index in [0.29, 0.717) is 0 Å². The van der Waals surface area contributed by atoms with Crippen LogP contribution in [0.15, 0.2) is 77.9 Å². The van der Waals surface area contributed by atoms with E-state index in [0.717, 1.165) is 50.9 Å². The van der Waals surface area contributed by atoms with E-state index < -0.39 is 5.97 Å². The lowest BCUT2D eigenvalue weighted by molar-refractivity contribution is -0.141. The molecule has 0 saturated heterocycles. The van der Waals surface area contributed by atoms with E-state index in [9.17, 15) is 4.79 Å². The van der Waals surface area contributed by atoms with Crippen LogP contribution in [0.4, 0.5) is 0 Å². The molecule has 2 aromatic rings. The number of allylic oxidation sites excluding steroid dienone is 4. The van der Waals surface area contributed by atoms with Gasteiger partial charge in [-0.15, -0.1) is 0 Å². The number of carboxylic acid groups (broad SMARTS) is 1. The van der Waals surface area contributed by atoms with Crippen LogP contribution in [-0.2, 0) is 4.79 Å². The van der Waals surface area contributed by atoms with Crippen LogP contribution in [0.25, 0.3) is 11.1 Å². The van der Waals surface area contributed by atoms with Gasteiger partial charge in [-0.1, -0.05) is 111 Å². The molecule has 2 aromatic carbocycles. The number of hydrogen-bond acceptors (Lipinski definition) is 2. The molecule has 0 fully saturated rings. The maximum absolute atomic E-state index is 10.7. The first-order chi connectivity index (χ1) is 17.5. The molecule has 0 amide bonds. The maximum atomic E-state index is 10.7. The number of para-hydroxylation sites is 1. The molecule has 3 rings (SSSR count). The van der Waals surface area contributed by atoms with Crippen molar-refractivity contribution in [1.82, 2.24) is 0 Å². The van der Waals surface area contributed by atoms with Crippen molar-refractivity contribution in [3.05, 3.63) is 77.9 Å². The van der Waals surface area contributed by atoms with Crippen LogP contribution < -0.4 is 4.74 Å². The summed E-state index contributed by atoms with van der Waals surface area (Å²) >= 11 is 0. The lowest BCUT2D eigenvalue weighted by Crippen LogP contribution is -2.15. The van der Waals surface area contributed by atoms with Crippen LogP contribution in [0.3, 0.4) is 0 Å². The summed E-state index contributed by atoms with van der Waals surface area (Å²) < 4.78 is 6.00. The molecule has 3 nitrogen and oxygen atoms in total. The number of carboxylic acids is 1. The Bertz CT molecular complexity index is 938. The smallest absolute Gasteiger partial charge is 0.306 e. The van der Waals surface area contributed by atoms with Gasteiger partial charge in [0.05, 0.1) is 12.5 Å². The van der Waals surface area contributed by atoms with Crippen molar-refractivity contribution in [2.75, 3.05) is 6.61 Å². The first-order valence-electron chi connectivity index (χ1n) is 13.8. The van der Waals surface area contributed by atoms with Crippen molar-refractivity contribution in [3.8, 4) is 16.9 Å². The zero-order valence-electron chi connectivity index (χ0n) is 22.7. The molecule has 3 heteroatoms. The monoisotopic (exact) mass is 490 g/mol. The highest BCUT2D eigenvalue weighted by atomic mass is 16.5. The highest BCUT2D eigenvalue weighted by Gasteiger charge is 2.20. The third-order valence-corrected chi connectivity index (χ3v) is 6.60. The normalized spacial score (nSPS) is 14.8. The minimum Gasteiger partial charge on any atom is -0.493 e. The third kappa shape index (κ3) is 11.7. The van der Waals surface area contributed by atoms with Gasteiger partial charge in [-0.3, -0.25) is 4.79 Å². The van der Waals surface area contributed by atoms with Gasteiger partial charge in [0.2, 0.25) is 0 Å². The highest BCUT2D eigenvalue weighted by Crippen LogP contribution is 2.30. The van der Waals surface area contributed by atoms with Crippen molar-refractivity contribution in [1.29, 1.82) is 0 Å². The molecule has 0 aromatic heterocycles. The summed E-state index contributed by atoms with van der Waals surface area (Å²) in [5, 5.41) is 8.83. The summed E-state index contributed by atoms with van der Waals surface area (Å²) in [5.74, 6) is 0.212. The molecule has 0 bridgehead atoms. The highest BCUT2D eigenvalue weighted by molar-refractivity contribution is 5.70. The molecule has 0 heterocycles. The Morgan fingerprint density at radius 3 is 2.33 bits per heavy atom. The topological polar surface area (TPSA) is 46.5 Å². The number of rotatable bonds is 13. The van der Waals surface area contributed by atoms with Crippen molar-refractivity contribution < 1.29 is 14.6 Å². The SMILES string of the molecule is CC(C)=CCCC1=CCC(C(=O)O)CC1.CCCCCCCCOc1ccccc1-c1ccccc1. The van der Waals surface area contributed by atoms with Gasteiger partial charge in [0.25, 0.3) is 0 Å². The molecular weight excluding hydrogens is 444 g/mol. The molecule has 1 atom stereocenters. The Morgan fingerprint density at radius 1 is 0.972 bits per heavy atom. The second-order valence-electron chi connectivity index (χ2n) is 9.97. The molecule has 0 spiro atoms. The molecule has 0 saturated carbocycles. The van der Waals surface area contributed by atoms with Gasteiger partial charge in [-0.25, -0.2) is 0 Å². The average Bonchev–Trinajstić information content (AvgIpc) is 2.89. The van der Waals surface area contributed by atoms with E-state index in [1.165, 1.54) is 54.4 Å². The van der Waals surface area contributed by atoms with Crippen molar-refractivity contribution in [3.63, 3.8) is 0 Å². The first-order valence-corrected chi connectivity index (χ1v) is 13.8. The van der Waals surface area contributed by atoms with Crippen molar-refractivity contribution in [2.24, 2.45) is 5.92 Å². The van der Waals surface area contributed by atoms with E-state index in [-0.39, 0.29) is 5.92 Å². The number of aliphatic carboxylic acids is 1. The van der Waals surface area contributed by atoms with E-state index in [1.807, 2.05) is 12.1 Å². The van der Waals surface area contributed by atoms with Gasteiger partial charge in [-0.2, -0.15) is 0 Å². The molecule has 1 aliphatic rings. The predicted octanol–water partition coefficient (Wildman–Crippen LogP) is 9.64. The Labute approximate surface area is 219 Å². The van der Waals surface area contributed by atoms with Gasteiger partial charge in [0, 0.05) is 5.56 Å². The Kier molecular flexibility index (Phi) is 14.4. The van der Waals surface area contributed by atoms with Crippen LogP contribution in [0.2, 0.25) is 0 Å². The fourth-order valence-electron chi connectivity index (χ4n) is 4.40. The zero-order chi connectivity index (χ0) is 26.0. The minimum atomic E-state index is -0.644. The molecule has 36 heavy (non-hydrogen) atoms. The number of unbranched alkanes of at least 4 members (excludes halogenated alkanes) is 5. The summed E-state index contributed by atoms with van der Waals surface area (Å²) in [6, 6.07) is 18.8. The summed E-state index contributed by atoms with van der Waals surface area (Å²) in [7, 11) is 0. The van der Waals surface area contributed by atoms with E-state index in [4.69, 9.17) is 9.84 Å². The zero-order valence-corrected chi connectivity index (χ0v) is 22.7. The summed E-state index contributed by atoms with van der Waals surface area (Å²) in [4.78, 5) is 10.7. The van der Waals surface area contributed by atoms with E-state index in [1.54, 1.807) is 0 Å². The van der Waals surface area contributed by atoms with Crippen LogP contribution in [0, 0.1) is 5.92 Å². The lowest BCUT2D eigenvalue weighted by Gasteiger charge is -2.18. The molecule has 0 aliphatic heterocycles. The molecular formula is C33H46O3. The second-order valence-corrected chi connectivity index (χ2v) is 9.97. The predicted molar refractivity (Wildman–Crippen MR) is 152 cm³/mol. The average molecular weight is 491 g/mol. The van der Waals surface area contributed by atoms with Gasteiger partial charge < -0.3 is 9.84 Å². The van der Waals surface area contributed by atoms with Crippen LogP contribution >= 0.6 is 0 Å². The number of carbonyl (C=O) groups is 1.